The fraction of sp³-hybridized carbons (Fsp3) is 0.229. The zero-order valence-electron chi connectivity index (χ0n) is 24.2. The molecule has 1 aliphatic heterocycles. The highest BCUT2D eigenvalue weighted by molar-refractivity contribution is 9.10. The van der Waals surface area contributed by atoms with Gasteiger partial charge in [-0.15, -0.1) is 0 Å². The number of ketones is 1. The van der Waals surface area contributed by atoms with Crippen LogP contribution in [0.15, 0.2) is 83.4 Å². The summed E-state index contributed by atoms with van der Waals surface area (Å²) in [6.45, 7) is 5.32. The molecule has 2 amide bonds. The lowest BCUT2D eigenvalue weighted by atomic mass is 9.78. The highest BCUT2D eigenvalue weighted by Gasteiger charge is 2.50. The predicted molar refractivity (Wildman–Crippen MR) is 173 cm³/mol. The van der Waals surface area contributed by atoms with Crippen LogP contribution >= 0.6 is 27.5 Å². The summed E-state index contributed by atoms with van der Waals surface area (Å²) in [7, 11) is 0. The third-order valence-corrected chi connectivity index (χ3v) is 9.79. The first-order chi connectivity index (χ1) is 21.1. The smallest absolute Gasteiger partial charge is 0.339 e. The first-order valence-electron chi connectivity index (χ1n) is 14.3. The molecule has 3 aromatic carbocycles. The van der Waals surface area contributed by atoms with E-state index in [1.165, 1.54) is 4.90 Å². The number of imide groups is 1. The molecule has 7 nitrogen and oxygen atoms in total. The molecule has 2 heterocycles. The largest absolute Gasteiger partial charge is 0.451 e. The second kappa shape index (κ2) is 11.7. The zero-order valence-corrected chi connectivity index (χ0v) is 26.6. The Hall–Kier alpha value is -4.14. The molecule has 1 saturated heterocycles. The monoisotopic (exact) mass is 670 g/mol. The Morgan fingerprint density at radius 2 is 1.75 bits per heavy atom. The van der Waals surface area contributed by atoms with Gasteiger partial charge in [-0.2, -0.15) is 0 Å². The Labute approximate surface area is 268 Å². The highest BCUT2D eigenvalue weighted by Crippen LogP contribution is 2.41. The first-order valence-corrected chi connectivity index (χ1v) is 15.5. The molecule has 2 aliphatic rings. The average molecular weight is 672 g/mol. The van der Waals surface area contributed by atoms with Crippen LogP contribution in [0.4, 0.5) is 5.69 Å². The number of hydrogen-bond acceptors (Lipinski definition) is 6. The fourth-order valence-corrected chi connectivity index (χ4v) is 6.75. The van der Waals surface area contributed by atoms with Gasteiger partial charge in [-0.3, -0.25) is 19.3 Å². The van der Waals surface area contributed by atoms with E-state index in [1.807, 2.05) is 26.0 Å². The zero-order chi connectivity index (χ0) is 31.3. The maximum atomic E-state index is 13.6. The van der Waals surface area contributed by atoms with Crippen molar-refractivity contribution in [2.45, 2.75) is 33.3 Å². The Bertz CT molecular complexity index is 1870. The molecular weight excluding hydrogens is 644 g/mol. The molecule has 1 fully saturated rings. The van der Waals surface area contributed by atoms with Crippen molar-refractivity contribution in [3.05, 3.63) is 105 Å². The number of carbonyl (C=O) groups excluding carboxylic acids is 4. The van der Waals surface area contributed by atoms with Crippen LogP contribution in [-0.4, -0.2) is 34.7 Å². The second-order valence-electron chi connectivity index (χ2n) is 11.2. The van der Waals surface area contributed by atoms with E-state index in [-0.39, 0.29) is 40.9 Å². The molecule has 1 aromatic heterocycles. The van der Waals surface area contributed by atoms with E-state index in [4.69, 9.17) is 21.3 Å². The normalized spacial score (nSPS) is 20.1. The number of aromatic nitrogens is 1. The van der Waals surface area contributed by atoms with E-state index >= 15 is 0 Å². The number of anilines is 1. The number of amides is 2. The average Bonchev–Trinajstić information content (AvgIpc) is 3.29. The molecule has 6 rings (SSSR count). The quantitative estimate of drug-likeness (QED) is 0.0901. The summed E-state index contributed by atoms with van der Waals surface area (Å²) in [4.78, 5) is 59.1. The van der Waals surface area contributed by atoms with Crippen molar-refractivity contribution in [3.63, 3.8) is 0 Å². The minimum absolute atomic E-state index is 0.00439. The minimum atomic E-state index is -1.02. The molecule has 4 atom stereocenters. The van der Waals surface area contributed by atoms with Gasteiger partial charge >= 0.3 is 5.97 Å². The predicted octanol–water partition coefficient (Wildman–Crippen LogP) is 7.76. The van der Waals surface area contributed by atoms with Crippen molar-refractivity contribution in [1.29, 1.82) is 0 Å². The van der Waals surface area contributed by atoms with Crippen LogP contribution in [0, 0.1) is 24.7 Å². The Morgan fingerprint density at radius 1 is 1.05 bits per heavy atom. The first kappa shape index (κ1) is 29.9. The number of Topliss-reactive ketones (excluding diaryl/α,β-unsaturated/α-hetero) is 1. The standard InChI is InChI=1S/C35H28BrClN2O5/c1-18-8-7-11-24-29(18)34(42)39(33(24)41)23-14-12-21(13-15-23)28-17-26(25-16-27(36)30(37)19(2)31(25)38-28)35(43)44-20(3)32(40)22-9-5-4-6-10-22/h4-10,12-18,20,24,29H,11H2,1-3H3. The van der Waals surface area contributed by atoms with Crippen molar-refractivity contribution < 1.29 is 23.9 Å². The third-order valence-electron chi connectivity index (χ3n) is 8.45. The van der Waals surface area contributed by atoms with Crippen molar-refractivity contribution in [2.24, 2.45) is 17.8 Å². The summed E-state index contributed by atoms with van der Waals surface area (Å²) >= 11 is 10.0. The van der Waals surface area contributed by atoms with E-state index in [1.54, 1.807) is 73.7 Å². The fourth-order valence-electron chi connectivity index (χ4n) is 6.07. The lowest BCUT2D eigenvalue weighted by Crippen LogP contribution is -2.31. The number of esters is 1. The molecule has 0 bridgehead atoms. The molecule has 4 unspecified atom stereocenters. The number of nitrogens with zero attached hydrogens (tertiary/aromatic N) is 2. The van der Waals surface area contributed by atoms with Gasteiger partial charge in [0.1, 0.15) is 0 Å². The number of ether oxygens (including phenoxy) is 1. The van der Waals surface area contributed by atoms with Gasteiger partial charge in [0, 0.05) is 21.0 Å². The van der Waals surface area contributed by atoms with Crippen LogP contribution in [0.5, 0.6) is 0 Å². The lowest BCUT2D eigenvalue weighted by Gasteiger charge is -2.22. The van der Waals surface area contributed by atoms with E-state index in [9.17, 15) is 19.2 Å². The van der Waals surface area contributed by atoms with Crippen molar-refractivity contribution in [3.8, 4) is 11.3 Å². The summed E-state index contributed by atoms with van der Waals surface area (Å²) in [6.07, 6.45) is 3.51. The molecule has 4 aromatic rings. The number of allylic oxidation sites excluding steroid dienone is 2. The summed E-state index contributed by atoms with van der Waals surface area (Å²) in [5, 5.41) is 0.975. The van der Waals surface area contributed by atoms with Gasteiger partial charge in [0.2, 0.25) is 17.6 Å². The molecule has 9 heteroatoms. The van der Waals surface area contributed by atoms with Crippen LogP contribution in [0.3, 0.4) is 0 Å². The molecule has 0 N–H and O–H groups in total. The Kier molecular flexibility index (Phi) is 7.99. The van der Waals surface area contributed by atoms with Gasteiger partial charge in [-0.25, -0.2) is 9.78 Å². The number of halogens is 2. The van der Waals surface area contributed by atoms with Gasteiger partial charge < -0.3 is 4.74 Å². The maximum Gasteiger partial charge on any atom is 0.339 e. The summed E-state index contributed by atoms with van der Waals surface area (Å²) in [5.41, 5.74) is 3.44. The van der Waals surface area contributed by atoms with Crippen molar-refractivity contribution in [2.75, 3.05) is 4.90 Å². The van der Waals surface area contributed by atoms with Crippen LogP contribution in [0.2, 0.25) is 5.02 Å². The Balaban J connectivity index is 1.36. The van der Waals surface area contributed by atoms with E-state index in [0.29, 0.717) is 54.9 Å². The molecule has 222 valence electrons. The van der Waals surface area contributed by atoms with Crippen molar-refractivity contribution in [1.82, 2.24) is 4.98 Å². The number of hydrogen-bond donors (Lipinski definition) is 0. The summed E-state index contributed by atoms with van der Waals surface area (Å²) in [6, 6.07) is 18.9. The summed E-state index contributed by atoms with van der Waals surface area (Å²) < 4.78 is 6.27. The van der Waals surface area contributed by atoms with E-state index < -0.39 is 12.1 Å². The van der Waals surface area contributed by atoms with Crippen LogP contribution < -0.4 is 4.90 Å². The van der Waals surface area contributed by atoms with Gasteiger partial charge in [0.15, 0.2) is 6.10 Å². The number of rotatable bonds is 6. The highest BCUT2D eigenvalue weighted by atomic mass is 79.9. The SMILES string of the molecule is Cc1c(Cl)c(Br)cc2c(C(=O)OC(C)C(=O)c3ccccc3)cc(-c3ccc(N4C(=O)C5CC=CC(C)C5C4=O)cc3)nc12. The van der Waals surface area contributed by atoms with Gasteiger partial charge in [-0.1, -0.05) is 73.1 Å². The van der Waals surface area contributed by atoms with E-state index in [0.717, 1.165) is 0 Å². The van der Waals surface area contributed by atoms with Crippen LogP contribution in [0.25, 0.3) is 22.2 Å². The second-order valence-corrected chi connectivity index (χ2v) is 12.5. The number of benzene rings is 3. The van der Waals surface area contributed by atoms with Crippen LogP contribution in [-0.2, 0) is 14.3 Å². The maximum absolute atomic E-state index is 13.6. The molecule has 1 aliphatic carbocycles. The molecule has 0 radical (unpaired) electrons. The Morgan fingerprint density at radius 3 is 2.43 bits per heavy atom. The number of fused-ring (bicyclic) bond motifs is 2. The minimum Gasteiger partial charge on any atom is -0.451 e. The number of pyridine rings is 1. The number of aryl methyl sites for hydroxylation is 1. The molecule has 44 heavy (non-hydrogen) atoms. The van der Waals surface area contributed by atoms with Gasteiger partial charge in [-0.05, 0) is 71.9 Å². The number of carbonyl (C=O) groups is 4. The summed E-state index contributed by atoms with van der Waals surface area (Å²) in [5.74, 6) is -2.08. The van der Waals surface area contributed by atoms with Gasteiger partial charge in [0.25, 0.3) is 0 Å². The van der Waals surface area contributed by atoms with E-state index in [2.05, 4.69) is 15.9 Å². The molecular formula is C35H28BrClN2O5. The molecule has 0 saturated carbocycles. The third kappa shape index (κ3) is 5.16. The topological polar surface area (TPSA) is 93.6 Å². The van der Waals surface area contributed by atoms with Crippen LogP contribution in [0.1, 0.15) is 46.5 Å². The van der Waals surface area contributed by atoms with Gasteiger partial charge in [0.05, 0.1) is 39.3 Å². The van der Waals surface area contributed by atoms with Crippen molar-refractivity contribution >= 4 is 67.7 Å². The molecule has 0 spiro atoms. The lowest BCUT2D eigenvalue weighted by molar-refractivity contribution is -0.122.